The van der Waals surface area contributed by atoms with E-state index in [1.54, 1.807) is 24.3 Å². The summed E-state index contributed by atoms with van der Waals surface area (Å²) in [5.74, 6) is -0.699. The van der Waals surface area contributed by atoms with Gasteiger partial charge in [-0.05, 0) is 29.8 Å². The number of oxime groups is 1. The van der Waals surface area contributed by atoms with E-state index >= 15 is 0 Å². The van der Waals surface area contributed by atoms with Crippen LogP contribution in [0.25, 0.3) is 0 Å². The zero-order valence-corrected chi connectivity index (χ0v) is 11.4. The number of nitro groups is 1. The van der Waals surface area contributed by atoms with Gasteiger partial charge in [0.1, 0.15) is 0 Å². The molecule has 0 radical (unpaired) electrons. The standard InChI is InChI=1S/C14H9ClN2O4/c15-12-5-1-10(2-6-12)9-16-21-14(18)11-3-7-13(8-4-11)17(19)20/h1-9H/b16-9-. The first-order valence-electron chi connectivity index (χ1n) is 5.81. The third-order valence-corrected chi connectivity index (χ3v) is 2.77. The molecule has 6 nitrogen and oxygen atoms in total. The van der Waals surface area contributed by atoms with Gasteiger partial charge in [-0.25, -0.2) is 4.79 Å². The summed E-state index contributed by atoms with van der Waals surface area (Å²) in [6.07, 6.45) is 1.36. The van der Waals surface area contributed by atoms with Crippen molar-refractivity contribution in [2.75, 3.05) is 0 Å². The molecule has 0 aliphatic rings. The van der Waals surface area contributed by atoms with Crippen LogP contribution < -0.4 is 0 Å². The summed E-state index contributed by atoms with van der Waals surface area (Å²) in [5, 5.41) is 14.6. The van der Waals surface area contributed by atoms with Crippen LogP contribution in [0, 0.1) is 10.1 Å². The molecule has 0 N–H and O–H groups in total. The van der Waals surface area contributed by atoms with Gasteiger partial charge in [0, 0.05) is 17.2 Å². The molecule has 0 aliphatic carbocycles. The second kappa shape index (κ2) is 6.62. The second-order valence-electron chi connectivity index (χ2n) is 3.97. The topological polar surface area (TPSA) is 81.8 Å². The number of hydrogen-bond acceptors (Lipinski definition) is 5. The summed E-state index contributed by atoms with van der Waals surface area (Å²) in [5.41, 5.74) is 0.793. The zero-order chi connectivity index (χ0) is 15.2. The summed E-state index contributed by atoms with van der Waals surface area (Å²) in [6.45, 7) is 0. The molecule has 0 heterocycles. The molecule has 7 heteroatoms. The number of carbonyl (C=O) groups is 1. The number of rotatable bonds is 4. The lowest BCUT2D eigenvalue weighted by molar-refractivity contribution is -0.384. The van der Waals surface area contributed by atoms with Crippen LogP contribution in [-0.4, -0.2) is 17.1 Å². The van der Waals surface area contributed by atoms with Crippen molar-refractivity contribution in [3.05, 3.63) is 74.8 Å². The van der Waals surface area contributed by atoms with Crippen molar-refractivity contribution in [3.8, 4) is 0 Å². The van der Waals surface area contributed by atoms with Crippen molar-refractivity contribution in [2.45, 2.75) is 0 Å². The maximum Gasteiger partial charge on any atom is 0.365 e. The number of benzene rings is 2. The fourth-order valence-corrected chi connectivity index (χ4v) is 1.58. The van der Waals surface area contributed by atoms with E-state index in [0.29, 0.717) is 5.02 Å². The third-order valence-electron chi connectivity index (χ3n) is 2.52. The molecule has 0 spiro atoms. The van der Waals surface area contributed by atoms with Gasteiger partial charge in [0.25, 0.3) is 5.69 Å². The van der Waals surface area contributed by atoms with Gasteiger partial charge in [-0.2, -0.15) is 0 Å². The van der Waals surface area contributed by atoms with E-state index in [2.05, 4.69) is 5.16 Å². The Labute approximate surface area is 124 Å². The van der Waals surface area contributed by atoms with E-state index in [-0.39, 0.29) is 11.3 Å². The van der Waals surface area contributed by atoms with Crippen LogP contribution >= 0.6 is 11.6 Å². The minimum Gasteiger partial charge on any atom is -0.313 e. The minimum absolute atomic E-state index is 0.101. The van der Waals surface area contributed by atoms with Gasteiger partial charge in [0.15, 0.2) is 0 Å². The Hall–Kier alpha value is -2.73. The first kappa shape index (κ1) is 14.7. The maximum atomic E-state index is 11.6. The molecule has 2 rings (SSSR count). The van der Waals surface area contributed by atoms with E-state index in [4.69, 9.17) is 16.4 Å². The van der Waals surface area contributed by atoms with Crippen molar-refractivity contribution in [3.63, 3.8) is 0 Å². The van der Waals surface area contributed by atoms with Gasteiger partial charge >= 0.3 is 5.97 Å². The van der Waals surface area contributed by atoms with Crippen molar-refractivity contribution < 1.29 is 14.6 Å². The lowest BCUT2D eigenvalue weighted by Gasteiger charge is -1.98. The van der Waals surface area contributed by atoms with E-state index in [0.717, 1.165) is 5.56 Å². The molecule has 0 amide bonds. The lowest BCUT2D eigenvalue weighted by atomic mass is 10.2. The number of carbonyl (C=O) groups excluding carboxylic acids is 1. The Balaban J connectivity index is 1.98. The van der Waals surface area contributed by atoms with Gasteiger partial charge in [-0.1, -0.05) is 28.9 Å². The molecule has 0 unspecified atom stereocenters. The van der Waals surface area contributed by atoms with E-state index in [9.17, 15) is 14.9 Å². The van der Waals surface area contributed by atoms with Crippen molar-refractivity contribution >= 4 is 29.5 Å². The highest BCUT2D eigenvalue weighted by molar-refractivity contribution is 6.30. The molecule has 0 bridgehead atoms. The van der Waals surface area contributed by atoms with Crippen LogP contribution in [0.3, 0.4) is 0 Å². The van der Waals surface area contributed by atoms with Crippen LogP contribution in [0.4, 0.5) is 5.69 Å². The van der Waals surface area contributed by atoms with Gasteiger partial charge in [-0.15, -0.1) is 0 Å². The van der Waals surface area contributed by atoms with Crippen molar-refractivity contribution in [1.29, 1.82) is 0 Å². The van der Waals surface area contributed by atoms with Crippen LogP contribution in [0.1, 0.15) is 15.9 Å². The molecule has 2 aromatic rings. The van der Waals surface area contributed by atoms with Crippen molar-refractivity contribution in [1.82, 2.24) is 0 Å². The first-order valence-corrected chi connectivity index (χ1v) is 6.19. The molecule has 0 saturated heterocycles. The highest BCUT2D eigenvalue weighted by atomic mass is 35.5. The van der Waals surface area contributed by atoms with E-state index in [1.165, 1.54) is 30.5 Å². The quantitative estimate of drug-likeness (QED) is 0.375. The minimum atomic E-state index is -0.699. The lowest BCUT2D eigenvalue weighted by Crippen LogP contribution is -2.01. The van der Waals surface area contributed by atoms with Gasteiger partial charge < -0.3 is 4.84 Å². The Morgan fingerprint density at radius 2 is 1.76 bits per heavy atom. The van der Waals surface area contributed by atoms with E-state index in [1.807, 2.05) is 0 Å². The molecular formula is C14H9ClN2O4. The molecule has 0 aromatic heterocycles. The Morgan fingerprint density at radius 3 is 2.33 bits per heavy atom. The molecule has 0 fully saturated rings. The first-order chi connectivity index (χ1) is 10.1. The maximum absolute atomic E-state index is 11.6. The number of nitrogens with zero attached hydrogens (tertiary/aromatic N) is 2. The summed E-state index contributed by atoms with van der Waals surface area (Å²) in [6, 6.07) is 11.8. The van der Waals surface area contributed by atoms with Crippen LogP contribution in [0.2, 0.25) is 5.02 Å². The van der Waals surface area contributed by atoms with Crippen LogP contribution in [0.5, 0.6) is 0 Å². The molecule has 2 aromatic carbocycles. The Morgan fingerprint density at radius 1 is 1.14 bits per heavy atom. The third kappa shape index (κ3) is 4.12. The van der Waals surface area contributed by atoms with Crippen LogP contribution in [0.15, 0.2) is 53.7 Å². The van der Waals surface area contributed by atoms with Crippen molar-refractivity contribution in [2.24, 2.45) is 5.16 Å². The normalized spacial score (nSPS) is 10.5. The smallest absolute Gasteiger partial charge is 0.313 e. The number of hydrogen-bond donors (Lipinski definition) is 0. The second-order valence-corrected chi connectivity index (χ2v) is 4.41. The average Bonchev–Trinajstić information content (AvgIpc) is 2.49. The number of halogens is 1. The molecule has 0 atom stereocenters. The fourth-order valence-electron chi connectivity index (χ4n) is 1.46. The summed E-state index contributed by atoms with van der Waals surface area (Å²) in [7, 11) is 0. The average molecular weight is 305 g/mol. The Bertz CT molecular complexity index is 681. The molecular weight excluding hydrogens is 296 g/mol. The van der Waals surface area contributed by atoms with Gasteiger partial charge in [0.2, 0.25) is 0 Å². The molecule has 0 saturated carbocycles. The largest absolute Gasteiger partial charge is 0.365 e. The predicted molar refractivity (Wildman–Crippen MR) is 77.6 cm³/mol. The summed E-state index contributed by atoms with van der Waals surface area (Å²) in [4.78, 5) is 26.3. The van der Waals surface area contributed by atoms with Gasteiger partial charge in [0.05, 0.1) is 16.7 Å². The highest BCUT2D eigenvalue weighted by Crippen LogP contribution is 2.13. The predicted octanol–water partition coefficient (Wildman–Crippen LogP) is 3.44. The molecule has 0 aliphatic heterocycles. The Kier molecular flexibility index (Phi) is 4.63. The SMILES string of the molecule is O=C(O/N=C\c1ccc(Cl)cc1)c1ccc([N+](=O)[O-])cc1. The number of non-ortho nitro benzene ring substituents is 1. The summed E-state index contributed by atoms with van der Waals surface area (Å²) >= 11 is 5.73. The zero-order valence-electron chi connectivity index (χ0n) is 10.6. The molecule has 106 valence electrons. The number of nitro benzene ring substituents is 1. The highest BCUT2D eigenvalue weighted by Gasteiger charge is 2.10. The van der Waals surface area contributed by atoms with Crippen LogP contribution in [-0.2, 0) is 4.84 Å². The van der Waals surface area contributed by atoms with Gasteiger partial charge in [-0.3, -0.25) is 10.1 Å². The monoisotopic (exact) mass is 304 g/mol. The summed E-state index contributed by atoms with van der Waals surface area (Å²) < 4.78 is 0. The van der Waals surface area contributed by atoms with E-state index < -0.39 is 10.9 Å². The fraction of sp³-hybridized carbons (Fsp3) is 0. The molecule has 21 heavy (non-hydrogen) atoms.